The molecule has 0 aromatic heterocycles. The van der Waals surface area contributed by atoms with E-state index in [2.05, 4.69) is 5.32 Å². The second-order valence-corrected chi connectivity index (χ2v) is 5.13. The molecule has 1 aliphatic heterocycles. The molecule has 1 aromatic rings. The molecule has 0 saturated carbocycles. The van der Waals surface area contributed by atoms with E-state index in [1.54, 1.807) is 12.1 Å². The van der Waals surface area contributed by atoms with Crippen LogP contribution in [0.1, 0.15) is 35.7 Å². The molecule has 0 spiro atoms. The molecule has 1 aromatic carbocycles. The van der Waals surface area contributed by atoms with Gasteiger partial charge in [-0.2, -0.15) is 0 Å². The van der Waals surface area contributed by atoms with Crippen LogP contribution in [0.25, 0.3) is 0 Å². The van der Waals surface area contributed by atoms with Gasteiger partial charge in [0.15, 0.2) is 0 Å². The highest BCUT2D eigenvalue weighted by Gasteiger charge is 2.35. The van der Waals surface area contributed by atoms with E-state index in [0.717, 1.165) is 18.7 Å². The molecule has 0 atom stereocenters. The number of nitrogens with zero attached hydrogens (tertiary/aromatic N) is 1. The fraction of sp³-hybridized carbons (Fsp3) is 0.533. The number of piperidine rings is 1. The summed E-state index contributed by atoms with van der Waals surface area (Å²) in [5, 5.41) is 3.21. The molecule has 1 N–H and O–H groups in total. The van der Waals surface area contributed by atoms with E-state index in [4.69, 9.17) is 0 Å². The Morgan fingerprint density at radius 1 is 1.24 bits per heavy atom. The lowest BCUT2D eigenvalue weighted by Crippen LogP contribution is -2.42. The third-order valence-corrected chi connectivity index (χ3v) is 3.56. The fourth-order valence-electron chi connectivity index (χ4n) is 2.25. The molecular weight excluding hydrogens is 298 g/mol. The minimum absolute atomic E-state index is 0. The van der Waals surface area contributed by atoms with Crippen molar-refractivity contribution in [1.82, 2.24) is 10.2 Å². The van der Waals surface area contributed by atoms with Gasteiger partial charge < -0.3 is 10.2 Å². The number of halogens is 3. The van der Waals surface area contributed by atoms with Crippen molar-refractivity contribution < 1.29 is 13.6 Å². The molecule has 0 unspecified atom stereocenters. The van der Waals surface area contributed by atoms with Crippen LogP contribution in [0.4, 0.5) is 8.78 Å². The summed E-state index contributed by atoms with van der Waals surface area (Å²) >= 11 is 0. The summed E-state index contributed by atoms with van der Waals surface area (Å²) in [6.07, 6.45) is -0.478. The third-order valence-electron chi connectivity index (χ3n) is 3.56. The molecule has 6 heteroatoms. The van der Waals surface area contributed by atoms with E-state index in [9.17, 15) is 13.6 Å². The van der Waals surface area contributed by atoms with Crippen molar-refractivity contribution >= 4 is 18.3 Å². The second kappa shape index (κ2) is 7.71. The molecule has 21 heavy (non-hydrogen) atoms. The predicted octanol–water partition coefficient (Wildman–Crippen LogP) is 3.09. The summed E-state index contributed by atoms with van der Waals surface area (Å²) in [5.74, 6) is -2.78. The Kier molecular flexibility index (Phi) is 6.55. The van der Waals surface area contributed by atoms with Gasteiger partial charge in [-0.25, -0.2) is 8.78 Å². The Morgan fingerprint density at radius 2 is 1.81 bits per heavy atom. The predicted molar refractivity (Wildman–Crippen MR) is 81.2 cm³/mol. The molecule has 1 heterocycles. The molecule has 0 radical (unpaired) electrons. The Balaban J connectivity index is 0.00000220. The van der Waals surface area contributed by atoms with Crippen molar-refractivity contribution in [3.05, 3.63) is 35.4 Å². The molecule has 118 valence electrons. The van der Waals surface area contributed by atoms with Crippen molar-refractivity contribution in [3.63, 3.8) is 0 Å². The Morgan fingerprint density at radius 3 is 2.33 bits per heavy atom. The van der Waals surface area contributed by atoms with Crippen LogP contribution in [0.5, 0.6) is 0 Å². The molecular formula is C15H21ClF2N2O. The van der Waals surface area contributed by atoms with Crippen molar-refractivity contribution in [2.24, 2.45) is 0 Å². The number of alkyl halides is 2. The number of benzene rings is 1. The van der Waals surface area contributed by atoms with Crippen LogP contribution >= 0.6 is 12.4 Å². The van der Waals surface area contributed by atoms with Gasteiger partial charge in [-0.1, -0.05) is 19.1 Å². The van der Waals surface area contributed by atoms with Gasteiger partial charge in [0, 0.05) is 38.0 Å². The number of amides is 1. The van der Waals surface area contributed by atoms with Gasteiger partial charge in [0.1, 0.15) is 0 Å². The van der Waals surface area contributed by atoms with Crippen LogP contribution in [0, 0.1) is 0 Å². The largest absolute Gasteiger partial charge is 0.338 e. The van der Waals surface area contributed by atoms with Gasteiger partial charge >= 0.3 is 0 Å². The first-order chi connectivity index (χ1) is 9.52. The number of hydrogen-bond acceptors (Lipinski definition) is 2. The number of nitrogens with one attached hydrogen (secondary N) is 1. The first kappa shape index (κ1) is 17.9. The Labute approximate surface area is 130 Å². The third kappa shape index (κ3) is 4.93. The summed E-state index contributed by atoms with van der Waals surface area (Å²) < 4.78 is 26.1. The van der Waals surface area contributed by atoms with Crippen LogP contribution in [0.2, 0.25) is 0 Å². The first-order valence-corrected chi connectivity index (χ1v) is 6.98. The SMILES string of the molecule is CCNCc1ccc(C(=O)N2CCC(F)(F)CC2)cc1.Cl. The zero-order chi connectivity index (χ0) is 14.6. The topological polar surface area (TPSA) is 32.3 Å². The standard InChI is InChI=1S/C15H20F2N2O.ClH/c1-2-18-11-12-3-5-13(6-4-12)14(20)19-9-7-15(16,17)8-10-19;/h3-6,18H,2,7-11H2,1H3;1H. The minimum atomic E-state index is -2.62. The lowest BCUT2D eigenvalue weighted by Gasteiger charge is -2.31. The summed E-state index contributed by atoms with van der Waals surface area (Å²) in [6, 6.07) is 7.33. The molecule has 1 amide bonds. The minimum Gasteiger partial charge on any atom is -0.338 e. The molecule has 1 aliphatic rings. The molecule has 1 saturated heterocycles. The first-order valence-electron chi connectivity index (χ1n) is 6.98. The maximum atomic E-state index is 13.1. The number of hydrogen-bond donors (Lipinski definition) is 1. The molecule has 3 nitrogen and oxygen atoms in total. The zero-order valence-electron chi connectivity index (χ0n) is 12.1. The summed E-state index contributed by atoms with van der Waals surface area (Å²) in [6.45, 7) is 3.95. The van der Waals surface area contributed by atoms with Gasteiger partial charge in [0.2, 0.25) is 0 Å². The lowest BCUT2D eigenvalue weighted by atomic mass is 10.0. The molecule has 0 aliphatic carbocycles. The van der Waals surface area contributed by atoms with E-state index in [-0.39, 0.29) is 44.2 Å². The Bertz CT molecular complexity index is 455. The van der Waals surface area contributed by atoms with E-state index in [1.165, 1.54) is 4.90 Å². The van der Waals surface area contributed by atoms with Crippen LogP contribution in [0.15, 0.2) is 24.3 Å². The number of rotatable bonds is 4. The van der Waals surface area contributed by atoms with Crippen molar-refractivity contribution in [3.8, 4) is 0 Å². The summed E-state index contributed by atoms with van der Waals surface area (Å²) in [7, 11) is 0. The average molecular weight is 319 g/mol. The smallest absolute Gasteiger partial charge is 0.253 e. The maximum Gasteiger partial charge on any atom is 0.253 e. The van der Waals surface area contributed by atoms with E-state index < -0.39 is 5.92 Å². The van der Waals surface area contributed by atoms with Crippen LogP contribution in [-0.4, -0.2) is 36.4 Å². The monoisotopic (exact) mass is 318 g/mol. The molecule has 1 fully saturated rings. The van der Waals surface area contributed by atoms with Gasteiger partial charge in [0.05, 0.1) is 0 Å². The maximum absolute atomic E-state index is 13.1. The van der Waals surface area contributed by atoms with Crippen LogP contribution < -0.4 is 5.32 Å². The van der Waals surface area contributed by atoms with E-state index in [1.807, 2.05) is 19.1 Å². The highest BCUT2D eigenvalue weighted by Crippen LogP contribution is 2.28. The molecule has 0 bridgehead atoms. The number of carbonyl (C=O) groups is 1. The van der Waals surface area contributed by atoms with Crippen LogP contribution in [-0.2, 0) is 6.54 Å². The Hall–Kier alpha value is -1.20. The highest BCUT2D eigenvalue weighted by molar-refractivity contribution is 5.94. The summed E-state index contributed by atoms with van der Waals surface area (Å²) in [5.41, 5.74) is 1.67. The zero-order valence-corrected chi connectivity index (χ0v) is 12.9. The van der Waals surface area contributed by atoms with Gasteiger partial charge in [-0.15, -0.1) is 12.4 Å². The summed E-state index contributed by atoms with van der Waals surface area (Å²) in [4.78, 5) is 13.7. The fourth-order valence-corrected chi connectivity index (χ4v) is 2.25. The normalized spacial score (nSPS) is 17.2. The quantitative estimate of drug-likeness (QED) is 0.925. The van der Waals surface area contributed by atoms with Gasteiger partial charge in [-0.05, 0) is 24.2 Å². The number of carbonyl (C=O) groups excluding carboxylic acids is 1. The van der Waals surface area contributed by atoms with E-state index >= 15 is 0 Å². The molecule has 2 rings (SSSR count). The van der Waals surface area contributed by atoms with Gasteiger partial charge in [0.25, 0.3) is 11.8 Å². The van der Waals surface area contributed by atoms with Crippen molar-refractivity contribution in [2.45, 2.75) is 32.2 Å². The number of likely N-dealkylation sites (tertiary alicyclic amines) is 1. The lowest BCUT2D eigenvalue weighted by molar-refractivity contribution is -0.0494. The van der Waals surface area contributed by atoms with Crippen molar-refractivity contribution in [2.75, 3.05) is 19.6 Å². The highest BCUT2D eigenvalue weighted by atomic mass is 35.5. The van der Waals surface area contributed by atoms with Crippen LogP contribution in [0.3, 0.4) is 0 Å². The van der Waals surface area contributed by atoms with Crippen molar-refractivity contribution in [1.29, 1.82) is 0 Å². The van der Waals surface area contributed by atoms with Gasteiger partial charge in [-0.3, -0.25) is 4.79 Å². The average Bonchev–Trinajstić information content (AvgIpc) is 2.45. The second-order valence-electron chi connectivity index (χ2n) is 5.13. The van der Waals surface area contributed by atoms with E-state index in [0.29, 0.717) is 5.56 Å².